The lowest BCUT2D eigenvalue weighted by molar-refractivity contribution is -0.0498. The summed E-state index contributed by atoms with van der Waals surface area (Å²) in [6.07, 6.45) is 1.43. The van der Waals surface area contributed by atoms with Gasteiger partial charge in [-0.15, -0.1) is 21.5 Å². The Labute approximate surface area is 178 Å². The minimum Gasteiger partial charge on any atom is -0.435 e. The van der Waals surface area contributed by atoms with Crippen LogP contribution in [0.5, 0.6) is 5.75 Å². The van der Waals surface area contributed by atoms with Crippen LogP contribution in [0, 0.1) is 0 Å². The van der Waals surface area contributed by atoms with Gasteiger partial charge in [-0.2, -0.15) is 13.8 Å². The summed E-state index contributed by atoms with van der Waals surface area (Å²) in [6.45, 7) is -2.87. The average Bonchev–Trinajstić information content (AvgIpc) is 3.47. The molecule has 0 atom stereocenters. The van der Waals surface area contributed by atoms with Crippen molar-refractivity contribution >= 4 is 23.1 Å². The maximum absolute atomic E-state index is 12.2. The lowest BCUT2D eigenvalue weighted by atomic mass is 10.2. The van der Waals surface area contributed by atoms with Crippen molar-refractivity contribution < 1.29 is 18.0 Å². The van der Waals surface area contributed by atoms with E-state index in [1.807, 2.05) is 17.5 Å². The van der Waals surface area contributed by atoms with Crippen LogP contribution in [0.2, 0.25) is 0 Å². The van der Waals surface area contributed by atoms with Crippen LogP contribution in [0.3, 0.4) is 0 Å². The first-order chi connectivity index (χ1) is 14.6. The molecule has 0 saturated heterocycles. The third-order valence-corrected chi connectivity index (χ3v) is 5.87. The number of rotatable bonds is 9. The van der Waals surface area contributed by atoms with Crippen LogP contribution in [0.1, 0.15) is 12.3 Å². The number of benzene rings is 1. The van der Waals surface area contributed by atoms with Crippen LogP contribution in [0.25, 0.3) is 22.1 Å². The predicted molar refractivity (Wildman–Crippen MR) is 109 cm³/mol. The van der Waals surface area contributed by atoms with Gasteiger partial charge < -0.3 is 15.1 Å². The topological polar surface area (TPSA) is 105 Å². The molecule has 156 valence electrons. The summed E-state index contributed by atoms with van der Waals surface area (Å²) in [6, 6.07) is 9.94. The fraction of sp³-hybridized carbons (Fsp3) is 0.222. The van der Waals surface area contributed by atoms with Gasteiger partial charge in [-0.3, -0.25) is 0 Å². The van der Waals surface area contributed by atoms with E-state index >= 15 is 0 Å². The molecule has 4 rings (SSSR count). The quantitative estimate of drug-likeness (QED) is 0.231. The van der Waals surface area contributed by atoms with E-state index in [9.17, 15) is 8.78 Å². The van der Waals surface area contributed by atoms with Crippen molar-refractivity contribution in [3.05, 3.63) is 47.7 Å². The molecule has 12 heteroatoms. The zero-order valence-electron chi connectivity index (χ0n) is 15.4. The fourth-order valence-electron chi connectivity index (χ4n) is 2.61. The molecule has 8 nitrogen and oxygen atoms in total. The number of nitrogen functional groups attached to an aromatic ring is 1. The highest BCUT2D eigenvalue weighted by atomic mass is 32.2. The first kappa shape index (κ1) is 20.3. The van der Waals surface area contributed by atoms with E-state index in [0.29, 0.717) is 34.7 Å². The molecule has 4 aromatic rings. The molecule has 30 heavy (non-hydrogen) atoms. The van der Waals surface area contributed by atoms with Gasteiger partial charge in [0.05, 0.1) is 4.88 Å². The van der Waals surface area contributed by atoms with Gasteiger partial charge in [0.25, 0.3) is 0 Å². The van der Waals surface area contributed by atoms with Gasteiger partial charge in [0.15, 0.2) is 5.82 Å². The second kappa shape index (κ2) is 9.22. The fourth-order valence-corrected chi connectivity index (χ4v) is 4.05. The Morgan fingerprint density at radius 1 is 1.20 bits per heavy atom. The molecule has 0 spiro atoms. The number of thiophene rings is 1. The number of aryl methyl sites for hydroxylation is 1. The van der Waals surface area contributed by atoms with Gasteiger partial charge in [-0.25, -0.2) is 4.68 Å². The van der Waals surface area contributed by atoms with Crippen LogP contribution in [-0.2, 0) is 6.42 Å². The third kappa shape index (κ3) is 4.76. The molecule has 0 unspecified atom stereocenters. The summed E-state index contributed by atoms with van der Waals surface area (Å²) in [5, 5.41) is 14.7. The van der Waals surface area contributed by atoms with E-state index in [1.165, 1.54) is 28.6 Å². The highest BCUT2D eigenvalue weighted by Gasteiger charge is 2.14. The largest absolute Gasteiger partial charge is 0.435 e. The van der Waals surface area contributed by atoms with Gasteiger partial charge in [0.2, 0.25) is 16.9 Å². The second-order valence-electron chi connectivity index (χ2n) is 6.02. The van der Waals surface area contributed by atoms with Crippen LogP contribution in [-0.4, -0.2) is 37.4 Å². The minimum atomic E-state index is -2.87. The van der Waals surface area contributed by atoms with Crippen LogP contribution >= 0.6 is 23.1 Å². The van der Waals surface area contributed by atoms with E-state index in [0.717, 1.165) is 17.1 Å². The van der Waals surface area contributed by atoms with E-state index in [1.54, 1.807) is 23.5 Å². The van der Waals surface area contributed by atoms with Gasteiger partial charge >= 0.3 is 6.61 Å². The number of nitrogens with zero attached hydrogens (tertiary/aromatic N) is 5. The molecule has 1 aromatic carbocycles. The molecule has 0 aliphatic carbocycles. The van der Waals surface area contributed by atoms with Crippen molar-refractivity contribution in [1.82, 2.24) is 25.0 Å². The molecule has 2 N–H and O–H groups in total. The number of nitrogens with two attached hydrogens (primary N) is 1. The van der Waals surface area contributed by atoms with E-state index < -0.39 is 6.61 Å². The summed E-state index contributed by atoms with van der Waals surface area (Å²) in [5.41, 5.74) is 0.644. The van der Waals surface area contributed by atoms with Crippen molar-refractivity contribution in [2.24, 2.45) is 0 Å². The van der Waals surface area contributed by atoms with Gasteiger partial charge in [0.1, 0.15) is 5.75 Å². The zero-order valence-corrected chi connectivity index (χ0v) is 17.1. The van der Waals surface area contributed by atoms with E-state index in [-0.39, 0.29) is 5.75 Å². The molecule has 0 aliphatic heterocycles. The molecule has 3 aromatic heterocycles. The lowest BCUT2D eigenvalue weighted by Crippen LogP contribution is -2.11. The van der Waals surface area contributed by atoms with Gasteiger partial charge in [-0.05, 0) is 42.1 Å². The first-order valence-corrected chi connectivity index (χ1v) is 10.7. The molecule has 0 bridgehead atoms. The summed E-state index contributed by atoms with van der Waals surface area (Å²) in [7, 11) is 0. The first-order valence-electron chi connectivity index (χ1n) is 8.85. The normalized spacial score (nSPS) is 11.3. The Hall–Kier alpha value is -2.99. The van der Waals surface area contributed by atoms with Crippen molar-refractivity contribution in [3.63, 3.8) is 0 Å². The van der Waals surface area contributed by atoms with Crippen LogP contribution in [0.4, 0.5) is 8.78 Å². The number of thioether (sulfide) groups is 1. The Kier molecular flexibility index (Phi) is 6.23. The Balaban J connectivity index is 1.30. The number of ether oxygens (including phenoxy) is 1. The Morgan fingerprint density at radius 3 is 2.77 bits per heavy atom. The minimum absolute atomic E-state index is 0.0645. The van der Waals surface area contributed by atoms with Crippen LogP contribution in [0.15, 0.2) is 51.5 Å². The van der Waals surface area contributed by atoms with E-state index in [2.05, 4.69) is 25.1 Å². The highest BCUT2D eigenvalue weighted by molar-refractivity contribution is 7.99. The highest BCUT2D eigenvalue weighted by Crippen LogP contribution is 2.25. The Bertz CT molecular complexity index is 1080. The number of hydrogen-bond donors (Lipinski definition) is 1. The van der Waals surface area contributed by atoms with Crippen molar-refractivity contribution in [3.8, 4) is 27.8 Å². The molecular weight excluding hydrogens is 434 g/mol. The van der Waals surface area contributed by atoms with Crippen LogP contribution < -0.4 is 10.6 Å². The summed E-state index contributed by atoms with van der Waals surface area (Å²) >= 11 is 3.01. The van der Waals surface area contributed by atoms with Gasteiger partial charge in [-0.1, -0.05) is 23.0 Å². The lowest BCUT2D eigenvalue weighted by Gasteiger charge is -2.06. The molecule has 0 saturated carbocycles. The second-order valence-corrected chi connectivity index (χ2v) is 8.03. The number of hydrogen-bond acceptors (Lipinski definition) is 9. The SMILES string of the molecule is Nn1c(SCCCc2nc(-c3cccs3)no2)nnc1-c1ccc(OC(F)F)cc1. The molecule has 0 amide bonds. The van der Waals surface area contributed by atoms with Crippen molar-refractivity contribution in [2.75, 3.05) is 11.6 Å². The Morgan fingerprint density at radius 2 is 2.03 bits per heavy atom. The smallest absolute Gasteiger partial charge is 0.387 e. The molecule has 0 radical (unpaired) electrons. The number of halogens is 2. The summed E-state index contributed by atoms with van der Waals surface area (Å²) in [4.78, 5) is 5.36. The van der Waals surface area contributed by atoms with E-state index in [4.69, 9.17) is 10.4 Å². The molecule has 3 heterocycles. The zero-order chi connectivity index (χ0) is 20.9. The monoisotopic (exact) mass is 450 g/mol. The van der Waals surface area contributed by atoms with Crippen molar-refractivity contribution in [2.45, 2.75) is 24.6 Å². The van der Waals surface area contributed by atoms with Gasteiger partial charge in [0, 0.05) is 17.7 Å². The predicted octanol–water partition coefficient (Wildman–Crippen LogP) is 4.10. The molecular formula is C18H16F2N6O2S2. The molecule has 0 fully saturated rings. The van der Waals surface area contributed by atoms with Crippen molar-refractivity contribution in [1.29, 1.82) is 0 Å². The summed E-state index contributed by atoms with van der Waals surface area (Å²) in [5.74, 6) is 8.49. The average molecular weight is 450 g/mol. The maximum Gasteiger partial charge on any atom is 0.387 e. The molecule has 0 aliphatic rings. The number of aromatic nitrogens is 5. The third-order valence-electron chi connectivity index (χ3n) is 3.98. The number of alkyl halides is 2. The summed E-state index contributed by atoms with van der Waals surface area (Å²) < 4.78 is 35.5. The standard InChI is InChI=1S/C18H16F2N6O2S2/c19-17(20)27-12-7-5-11(6-8-12)16-23-24-18(26(16)21)30-10-2-4-14-22-15(25-28-14)13-3-1-9-29-13/h1,3,5-9,17H,2,4,10,21H2. The maximum atomic E-state index is 12.2.